The van der Waals surface area contributed by atoms with Crippen LogP contribution < -0.4 is 27.2 Å². The number of hydrogen-bond acceptors (Lipinski definition) is 9. The van der Waals surface area contributed by atoms with Gasteiger partial charge >= 0.3 is 5.69 Å². The number of piperazine rings is 1. The maximum Gasteiger partial charge on any atom is 0.329 e. The first kappa shape index (κ1) is 48.3. The van der Waals surface area contributed by atoms with Crippen molar-refractivity contribution in [3.63, 3.8) is 0 Å². The minimum absolute atomic E-state index is 0.0292. The lowest BCUT2D eigenvalue weighted by Crippen LogP contribution is -2.46. The Morgan fingerprint density at radius 3 is 2.38 bits per heavy atom. The molecule has 10 rings (SSSR count). The van der Waals surface area contributed by atoms with Crippen LogP contribution in [0.1, 0.15) is 103 Å². The topological polar surface area (TPSA) is 154 Å². The molecule has 2 aromatic carbocycles. The quantitative estimate of drug-likeness (QED) is 0.0883. The average Bonchev–Trinajstić information content (AvgIpc) is 3.79. The first-order valence-corrected chi connectivity index (χ1v) is 25.5. The van der Waals surface area contributed by atoms with Gasteiger partial charge in [-0.1, -0.05) is 6.08 Å². The number of imidazole rings is 1. The van der Waals surface area contributed by atoms with Crippen molar-refractivity contribution >= 4 is 51.7 Å². The Kier molecular flexibility index (Phi) is 13.6. The van der Waals surface area contributed by atoms with E-state index in [9.17, 15) is 24.3 Å². The number of ketones is 1. The number of amides is 1. The van der Waals surface area contributed by atoms with Gasteiger partial charge in [-0.3, -0.25) is 37.9 Å². The minimum atomic E-state index is -0.875. The number of rotatable bonds is 12. The van der Waals surface area contributed by atoms with E-state index in [1.165, 1.54) is 6.07 Å². The van der Waals surface area contributed by atoms with E-state index in [4.69, 9.17) is 0 Å². The van der Waals surface area contributed by atoms with E-state index in [1.807, 2.05) is 43.5 Å². The molecule has 7 heterocycles. The third kappa shape index (κ3) is 9.85. The summed E-state index contributed by atoms with van der Waals surface area (Å²) in [5.74, 6) is 1.26. The van der Waals surface area contributed by atoms with E-state index in [-0.39, 0.29) is 34.8 Å². The fourth-order valence-corrected chi connectivity index (χ4v) is 11.9. The lowest BCUT2D eigenvalue weighted by Gasteiger charge is -2.33. The first-order chi connectivity index (χ1) is 34.2. The van der Waals surface area contributed by atoms with Crippen LogP contribution in [0.5, 0.6) is 0 Å². The van der Waals surface area contributed by atoms with Crippen LogP contribution in [0, 0.1) is 24.6 Å². The number of benzene rings is 2. The molecular formula is C55H68FN10O5+. The number of aliphatic hydroxyl groups is 1. The predicted octanol–water partition coefficient (Wildman–Crippen LogP) is 5.92. The molecule has 5 aliphatic rings. The van der Waals surface area contributed by atoms with E-state index >= 15 is 4.39 Å². The van der Waals surface area contributed by atoms with Gasteiger partial charge < -0.3 is 25.6 Å². The van der Waals surface area contributed by atoms with Gasteiger partial charge in [0.05, 0.1) is 29.8 Å². The first-order valence-electron chi connectivity index (χ1n) is 25.5. The van der Waals surface area contributed by atoms with Crippen molar-refractivity contribution in [2.24, 2.45) is 25.9 Å². The maximum absolute atomic E-state index is 16.0. The molecule has 1 aliphatic carbocycles. The van der Waals surface area contributed by atoms with Crippen molar-refractivity contribution in [3.05, 3.63) is 127 Å². The number of carbonyl (C=O) groups excluding carboxylic acids is 2. The molecule has 3 aromatic heterocycles. The highest BCUT2D eigenvalue weighted by Gasteiger charge is 2.33. The molecule has 4 aliphatic heterocycles. The summed E-state index contributed by atoms with van der Waals surface area (Å²) in [4.78, 5) is 57.6. The van der Waals surface area contributed by atoms with Crippen molar-refractivity contribution in [3.8, 4) is 0 Å². The molecular weight excluding hydrogens is 900 g/mol. The third-order valence-electron chi connectivity index (χ3n) is 15.9. The van der Waals surface area contributed by atoms with Gasteiger partial charge in [0.25, 0.3) is 5.56 Å². The Balaban J connectivity index is 0.693. The number of aromatic nitrogens is 4. The Bertz CT molecular complexity index is 3080. The van der Waals surface area contributed by atoms with Crippen LogP contribution in [0.3, 0.4) is 0 Å². The summed E-state index contributed by atoms with van der Waals surface area (Å²) < 4.78 is 25.4. The molecule has 4 N–H and O–H groups in total. The monoisotopic (exact) mass is 968 g/mol. The zero-order chi connectivity index (χ0) is 49.7. The largest absolute Gasteiger partial charge is 0.388 e. The SMILES string of the molecule is CNc1ccn(C2=CC(C)Nc3c2cc(CN2CC=C(c4c(C)cc(C(=O)CC5CCC(CN6CC[N+](=Cc7ccc8c(c7)n(C)c(=O)n8C7CCC(O)NC7=O)CC6)CC5)cc4F)CC2)n3C)c(=O)c1. The third-order valence-corrected chi connectivity index (χ3v) is 15.9. The summed E-state index contributed by atoms with van der Waals surface area (Å²) in [6.07, 6.45) is 13.5. The summed E-state index contributed by atoms with van der Waals surface area (Å²) in [6, 6.07) is 14.4. The molecule has 15 nitrogen and oxygen atoms in total. The number of pyridine rings is 1. The number of carbonyl (C=O) groups is 2. The lowest BCUT2D eigenvalue weighted by atomic mass is 9.79. The van der Waals surface area contributed by atoms with Crippen LogP contribution >= 0.6 is 0 Å². The molecule has 1 amide bonds. The van der Waals surface area contributed by atoms with Crippen molar-refractivity contribution in [2.45, 2.75) is 90.1 Å². The molecule has 1 saturated carbocycles. The van der Waals surface area contributed by atoms with Gasteiger partial charge in [-0.25, -0.2) is 13.8 Å². The summed E-state index contributed by atoms with van der Waals surface area (Å²) in [5.41, 5.74) is 8.79. The molecule has 5 aromatic rings. The van der Waals surface area contributed by atoms with Crippen molar-refractivity contribution < 1.29 is 23.7 Å². The molecule has 3 atom stereocenters. The molecule has 0 radical (unpaired) electrons. The zero-order valence-corrected chi connectivity index (χ0v) is 41.7. The predicted molar refractivity (Wildman–Crippen MR) is 277 cm³/mol. The number of anilines is 2. The smallest absolute Gasteiger partial charge is 0.329 e. The number of fused-ring (bicyclic) bond motifs is 2. The van der Waals surface area contributed by atoms with Gasteiger partial charge in [0, 0.05) is 106 Å². The molecule has 71 heavy (non-hydrogen) atoms. The van der Waals surface area contributed by atoms with Gasteiger partial charge in [-0.2, -0.15) is 0 Å². The molecule has 16 heteroatoms. The second-order valence-corrected chi connectivity index (χ2v) is 20.7. The highest BCUT2D eigenvalue weighted by Crippen LogP contribution is 2.36. The Morgan fingerprint density at radius 1 is 0.901 bits per heavy atom. The number of aryl methyl sites for hydroxylation is 2. The van der Waals surface area contributed by atoms with E-state index in [2.05, 4.69) is 73.3 Å². The highest BCUT2D eigenvalue weighted by molar-refractivity contribution is 5.97. The Hall–Kier alpha value is -6.36. The van der Waals surface area contributed by atoms with Crippen molar-refractivity contribution in [1.29, 1.82) is 0 Å². The number of piperidine rings is 1. The fraction of sp³-hybridized carbons (Fsp3) is 0.473. The normalized spacial score (nSPS) is 23.2. The maximum atomic E-state index is 16.0. The zero-order valence-electron chi connectivity index (χ0n) is 41.7. The summed E-state index contributed by atoms with van der Waals surface area (Å²) in [6.45, 7) is 11.0. The molecule has 374 valence electrons. The summed E-state index contributed by atoms with van der Waals surface area (Å²) >= 11 is 0. The van der Waals surface area contributed by atoms with Gasteiger partial charge in [-0.05, 0) is 130 Å². The Morgan fingerprint density at radius 2 is 1.68 bits per heavy atom. The Labute approximate surface area is 413 Å². The van der Waals surface area contributed by atoms with Gasteiger partial charge in [0.1, 0.15) is 23.9 Å². The second-order valence-electron chi connectivity index (χ2n) is 20.7. The van der Waals surface area contributed by atoms with Gasteiger partial charge in [0.15, 0.2) is 25.1 Å². The van der Waals surface area contributed by atoms with Crippen LogP contribution in [0.25, 0.3) is 22.3 Å². The summed E-state index contributed by atoms with van der Waals surface area (Å²) in [7, 11) is 5.59. The number of aliphatic hydroxyl groups excluding tert-OH is 1. The lowest BCUT2D eigenvalue weighted by molar-refractivity contribution is -0.535. The molecule has 3 unspecified atom stereocenters. The van der Waals surface area contributed by atoms with E-state index in [1.54, 1.807) is 33.9 Å². The molecule has 0 bridgehead atoms. The van der Waals surface area contributed by atoms with Gasteiger partial charge in [-0.15, -0.1) is 0 Å². The summed E-state index contributed by atoms with van der Waals surface area (Å²) in [5, 5.41) is 19.0. The van der Waals surface area contributed by atoms with Crippen LogP contribution in [0.2, 0.25) is 0 Å². The van der Waals surface area contributed by atoms with Gasteiger partial charge in [0.2, 0.25) is 5.91 Å². The molecule has 2 saturated heterocycles. The van der Waals surface area contributed by atoms with Crippen molar-refractivity contribution in [2.75, 3.05) is 63.5 Å². The number of hydrogen-bond donors (Lipinski definition) is 4. The van der Waals surface area contributed by atoms with E-state index in [0.717, 1.165) is 116 Å². The fourth-order valence-electron chi connectivity index (χ4n) is 11.9. The number of halogens is 1. The highest BCUT2D eigenvalue weighted by atomic mass is 19.1. The standard InChI is InChI=1S/C55H67FN10O5/c1-34-24-40(28-44(56)52(34)39-14-17-62(18-15-39)33-42-30-43-47(25-35(2)58-53(43)60(42)4)65-19-16-41(57-3)29-51(65)69)49(67)27-36-6-8-37(9-7-36)31-63-20-22-64(23-21-63)32-38-10-11-45-48(26-38)61(5)55(71)66(45)46-12-13-50(68)59-54(46)70/h10-11,14,16,19,24-26,28-30,32,35-37,46,50,58,68H,6-9,12-13,15,17-18,20-23,27,31,33H2,1-5H3,(H-,57,59,69,70)/p+1. The van der Waals surface area contributed by atoms with Crippen LogP contribution in [-0.2, 0) is 25.4 Å². The number of Topliss-reactive ketones (excluding diaryl/α,β-unsaturated/α-hetero) is 1. The van der Waals surface area contributed by atoms with Crippen LogP contribution in [0.4, 0.5) is 15.9 Å². The van der Waals surface area contributed by atoms with E-state index < -0.39 is 12.3 Å². The van der Waals surface area contributed by atoms with Crippen LogP contribution in [0.15, 0.2) is 76.5 Å². The molecule has 3 fully saturated rings. The average molecular weight is 968 g/mol. The van der Waals surface area contributed by atoms with E-state index in [0.29, 0.717) is 67.3 Å². The van der Waals surface area contributed by atoms with Crippen LogP contribution in [-0.4, -0.2) is 121 Å². The minimum Gasteiger partial charge on any atom is -0.388 e. The number of nitrogens with zero attached hydrogens (tertiary/aromatic N) is 7. The molecule has 0 spiro atoms. The number of nitrogens with one attached hydrogen (secondary N) is 3. The van der Waals surface area contributed by atoms with Crippen molar-refractivity contribution in [1.82, 2.24) is 33.4 Å². The second kappa shape index (κ2) is 20.0.